The summed E-state index contributed by atoms with van der Waals surface area (Å²) in [6.07, 6.45) is -11.0. The third-order valence-corrected chi connectivity index (χ3v) is 5.21. The molecular formula is C15H23N2O10+. The first-order chi connectivity index (χ1) is 12.7. The number of imide groups is 1. The summed E-state index contributed by atoms with van der Waals surface area (Å²) in [4.78, 5) is 24.7. The van der Waals surface area contributed by atoms with Crippen molar-refractivity contribution in [3.63, 3.8) is 0 Å². The number of quaternary nitrogens is 1. The van der Waals surface area contributed by atoms with E-state index in [1.54, 1.807) is 0 Å². The van der Waals surface area contributed by atoms with Crippen LogP contribution in [0.3, 0.4) is 0 Å². The van der Waals surface area contributed by atoms with Crippen molar-refractivity contribution in [1.29, 1.82) is 0 Å². The van der Waals surface area contributed by atoms with E-state index in [0.29, 0.717) is 0 Å². The molecule has 3 aliphatic heterocycles. The van der Waals surface area contributed by atoms with Gasteiger partial charge in [-0.25, -0.2) is 10.1 Å². The number of rotatable bonds is 4. The molecule has 0 radical (unpaired) electrons. The van der Waals surface area contributed by atoms with Crippen LogP contribution in [0, 0.1) is 0 Å². The average Bonchev–Trinajstić information content (AvgIpc) is 3.09. The number of nitrogens with one attached hydrogen (secondary N) is 1. The van der Waals surface area contributed by atoms with Crippen molar-refractivity contribution < 1.29 is 54.2 Å². The number of nitrogens with zero attached hydrogens (tertiary/aromatic N) is 1. The standard InChI is InChI=1S/C15H22N2O10/c1-5-2-17(15(25)16-12(5)24,13-10(22)8(20)6(3-18)26-13)14-11(23)9(21)7(4-19)27-14/h2,6-11,13-14,18-23H,3-4H2,1H3/p+1/t6-,7-,8-,9-,10-,11+,13-,14?,17?/m1/s1. The Morgan fingerprint density at radius 1 is 0.926 bits per heavy atom. The number of carbonyl (C=O) groups excluding carboxylic acids is 2. The lowest BCUT2D eigenvalue weighted by Gasteiger charge is -2.43. The van der Waals surface area contributed by atoms with Gasteiger partial charge < -0.3 is 40.1 Å². The van der Waals surface area contributed by atoms with Crippen molar-refractivity contribution in [2.24, 2.45) is 0 Å². The zero-order valence-electron chi connectivity index (χ0n) is 14.4. The number of amides is 3. The Bertz CT molecular complexity index is 625. The van der Waals surface area contributed by atoms with Gasteiger partial charge in [-0.3, -0.25) is 4.79 Å². The summed E-state index contributed by atoms with van der Waals surface area (Å²) in [5, 5.41) is 61.8. The summed E-state index contributed by atoms with van der Waals surface area (Å²) in [7, 11) is 0. The van der Waals surface area contributed by atoms with Crippen molar-refractivity contribution in [3.05, 3.63) is 11.8 Å². The number of urea groups is 1. The van der Waals surface area contributed by atoms with Crippen LogP contribution in [0.1, 0.15) is 6.92 Å². The number of hydrogen-bond acceptors (Lipinski definition) is 10. The SMILES string of the molecule is CC1=C[N+](C2O[C@H](CO)[C@@H](O)[C@@H]2O)([C@@H]2O[C@H](CO)[C@@H](O)[C@H]2O)C(=O)NC1=O. The van der Waals surface area contributed by atoms with Gasteiger partial charge in [0.1, 0.15) is 30.6 Å². The molecule has 12 heteroatoms. The number of carbonyl (C=O) groups is 2. The van der Waals surface area contributed by atoms with Crippen molar-refractivity contribution in [2.45, 2.75) is 56.0 Å². The average molecular weight is 391 g/mol. The summed E-state index contributed by atoms with van der Waals surface area (Å²) in [6, 6.07) is -1.03. The first-order valence-corrected chi connectivity index (χ1v) is 8.37. The first kappa shape index (κ1) is 20.3. The topological polar surface area (TPSA) is 186 Å². The highest BCUT2D eigenvalue weighted by atomic mass is 16.6. The lowest BCUT2D eigenvalue weighted by atomic mass is 10.0. The quantitative estimate of drug-likeness (QED) is 0.232. The number of aliphatic hydroxyl groups excluding tert-OH is 6. The Kier molecular flexibility index (Phi) is 5.37. The maximum Gasteiger partial charge on any atom is 0.432 e. The van der Waals surface area contributed by atoms with Crippen LogP contribution in [0.15, 0.2) is 11.8 Å². The Balaban J connectivity index is 2.12. The first-order valence-electron chi connectivity index (χ1n) is 8.37. The lowest BCUT2D eigenvalue weighted by molar-refractivity contribution is -0.904. The minimum absolute atomic E-state index is 0.0325. The summed E-state index contributed by atoms with van der Waals surface area (Å²) >= 11 is 0. The molecule has 0 aliphatic carbocycles. The Morgan fingerprint density at radius 3 is 1.74 bits per heavy atom. The van der Waals surface area contributed by atoms with Crippen molar-refractivity contribution in [1.82, 2.24) is 5.32 Å². The van der Waals surface area contributed by atoms with Crippen LogP contribution in [-0.4, -0.2) is 109 Å². The minimum atomic E-state index is -1.69. The molecule has 3 amide bonds. The van der Waals surface area contributed by atoms with E-state index in [1.165, 1.54) is 6.92 Å². The molecule has 0 aromatic rings. The van der Waals surface area contributed by atoms with E-state index in [4.69, 9.17) is 9.47 Å². The molecule has 7 N–H and O–H groups in total. The maximum atomic E-state index is 12.9. The predicted molar refractivity (Wildman–Crippen MR) is 83.1 cm³/mol. The monoisotopic (exact) mass is 391 g/mol. The molecule has 0 saturated carbocycles. The third-order valence-electron chi connectivity index (χ3n) is 5.21. The second-order valence-electron chi connectivity index (χ2n) is 6.86. The van der Waals surface area contributed by atoms with Gasteiger partial charge in [-0.2, -0.15) is 4.48 Å². The molecule has 12 nitrogen and oxygen atoms in total. The van der Waals surface area contributed by atoms with Gasteiger partial charge in [-0.05, 0) is 6.92 Å². The number of aliphatic hydroxyl groups is 6. The predicted octanol–water partition coefficient (Wildman–Crippen LogP) is -4.17. The van der Waals surface area contributed by atoms with E-state index < -0.39 is 78.7 Å². The van der Waals surface area contributed by atoms with E-state index in [2.05, 4.69) is 5.32 Å². The van der Waals surface area contributed by atoms with Crippen LogP contribution in [0.5, 0.6) is 0 Å². The zero-order chi connectivity index (χ0) is 20.1. The van der Waals surface area contributed by atoms with Crippen molar-refractivity contribution in [2.75, 3.05) is 13.2 Å². The summed E-state index contributed by atoms with van der Waals surface area (Å²) in [5.74, 6) is -0.716. The smallest absolute Gasteiger partial charge is 0.394 e. The fourth-order valence-electron chi connectivity index (χ4n) is 3.72. The molecular weight excluding hydrogens is 368 g/mol. The van der Waals surface area contributed by atoms with E-state index in [9.17, 15) is 40.2 Å². The minimum Gasteiger partial charge on any atom is -0.394 e. The van der Waals surface area contributed by atoms with Gasteiger partial charge in [-0.15, -0.1) is 0 Å². The van der Waals surface area contributed by atoms with Gasteiger partial charge in [0.25, 0.3) is 5.91 Å². The molecule has 0 aromatic heterocycles. The van der Waals surface area contributed by atoms with Crippen LogP contribution in [0.4, 0.5) is 4.79 Å². The largest absolute Gasteiger partial charge is 0.432 e. The van der Waals surface area contributed by atoms with Gasteiger partial charge in [0.15, 0.2) is 12.2 Å². The van der Waals surface area contributed by atoms with Crippen LogP contribution < -0.4 is 5.32 Å². The van der Waals surface area contributed by atoms with Gasteiger partial charge in [0, 0.05) is 0 Å². The summed E-state index contributed by atoms with van der Waals surface area (Å²) < 4.78 is 9.81. The molecule has 9 atom stereocenters. The molecule has 2 fully saturated rings. The highest BCUT2D eigenvalue weighted by Gasteiger charge is 2.66. The Labute approximate surface area is 153 Å². The van der Waals surface area contributed by atoms with Gasteiger partial charge in [-0.1, -0.05) is 0 Å². The summed E-state index contributed by atoms with van der Waals surface area (Å²) in [6.45, 7) is 0.0548. The molecule has 0 spiro atoms. The zero-order valence-corrected chi connectivity index (χ0v) is 14.4. The van der Waals surface area contributed by atoms with Crippen LogP contribution in [0.25, 0.3) is 0 Å². The molecule has 152 valence electrons. The molecule has 27 heavy (non-hydrogen) atoms. The fraction of sp³-hybridized carbons (Fsp3) is 0.733. The lowest BCUT2D eigenvalue weighted by Crippen LogP contribution is -2.72. The fourth-order valence-corrected chi connectivity index (χ4v) is 3.72. The summed E-state index contributed by atoms with van der Waals surface area (Å²) in [5.41, 5.74) is 0.0325. The molecule has 3 heterocycles. The van der Waals surface area contributed by atoms with E-state index in [-0.39, 0.29) is 5.57 Å². The van der Waals surface area contributed by atoms with Crippen LogP contribution in [-0.2, 0) is 14.3 Å². The Hall–Kier alpha value is -1.48. The Morgan fingerprint density at radius 2 is 1.37 bits per heavy atom. The molecule has 3 aliphatic rings. The van der Waals surface area contributed by atoms with E-state index in [1.807, 2.05) is 0 Å². The normalized spacial score (nSPS) is 47.9. The van der Waals surface area contributed by atoms with E-state index in [0.717, 1.165) is 6.20 Å². The molecule has 2 unspecified atom stereocenters. The molecule has 3 rings (SSSR count). The highest BCUT2D eigenvalue weighted by molar-refractivity contribution is 6.03. The second-order valence-corrected chi connectivity index (χ2v) is 6.86. The maximum absolute atomic E-state index is 12.9. The van der Waals surface area contributed by atoms with Gasteiger partial charge in [0.05, 0.1) is 18.8 Å². The molecule has 0 aromatic carbocycles. The van der Waals surface area contributed by atoms with E-state index >= 15 is 0 Å². The second kappa shape index (κ2) is 7.16. The van der Waals surface area contributed by atoms with Crippen LogP contribution in [0.2, 0.25) is 0 Å². The van der Waals surface area contributed by atoms with Crippen LogP contribution >= 0.6 is 0 Å². The highest BCUT2D eigenvalue weighted by Crippen LogP contribution is 2.40. The number of ether oxygens (including phenoxy) is 2. The van der Waals surface area contributed by atoms with Crippen molar-refractivity contribution >= 4 is 11.9 Å². The van der Waals surface area contributed by atoms with Gasteiger partial charge >= 0.3 is 6.03 Å². The third kappa shape index (κ3) is 2.90. The molecule has 2 saturated heterocycles. The molecule has 0 bridgehead atoms. The van der Waals surface area contributed by atoms with Gasteiger partial charge in [0.2, 0.25) is 12.5 Å². The number of hydrogen-bond donors (Lipinski definition) is 7. The van der Waals surface area contributed by atoms with Crippen molar-refractivity contribution in [3.8, 4) is 0 Å².